The Morgan fingerprint density at radius 2 is 1.95 bits per heavy atom. The van der Waals surface area contributed by atoms with Crippen LogP contribution in [0.25, 0.3) is 0 Å². The van der Waals surface area contributed by atoms with Crippen molar-refractivity contribution in [1.82, 2.24) is 9.59 Å². The van der Waals surface area contributed by atoms with E-state index in [0.29, 0.717) is 5.69 Å². The second-order valence-corrected chi connectivity index (χ2v) is 5.91. The lowest BCUT2D eigenvalue weighted by atomic mass is 9.90. The van der Waals surface area contributed by atoms with Gasteiger partial charge < -0.3 is 0 Å². The highest BCUT2D eigenvalue weighted by molar-refractivity contribution is 7.08. The molecule has 0 atom stereocenters. The van der Waals surface area contributed by atoms with Crippen LogP contribution in [0.4, 0.5) is 8.78 Å². The van der Waals surface area contributed by atoms with Crippen LogP contribution in [0.5, 0.6) is 0 Å². The van der Waals surface area contributed by atoms with Crippen molar-refractivity contribution in [2.45, 2.75) is 26.2 Å². The lowest BCUT2D eigenvalue weighted by Gasteiger charge is -2.16. The number of halogens is 2. The first-order valence-corrected chi connectivity index (χ1v) is 6.40. The van der Waals surface area contributed by atoms with E-state index in [2.05, 4.69) is 9.59 Å². The van der Waals surface area contributed by atoms with Gasteiger partial charge in [-0.2, -0.15) is 0 Å². The molecule has 3 nitrogen and oxygen atoms in total. The van der Waals surface area contributed by atoms with Crippen molar-refractivity contribution in [3.8, 4) is 0 Å². The zero-order valence-corrected chi connectivity index (χ0v) is 11.5. The first kappa shape index (κ1) is 13.7. The van der Waals surface area contributed by atoms with E-state index in [9.17, 15) is 13.6 Å². The topological polar surface area (TPSA) is 42.9 Å². The SMILES string of the molecule is CC(C)(C)c1nnsc1C(=O)c1cc(F)ccc1F. The van der Waals surface area contributed by atoms with Crippen LogP contribution in [0.15, 0.2) is 18.2 Å². The number of hydrogen-bond acceptors (Lipinski definition) is 4. The van der Waals surface area contributed by atoms with Crippen molar-refractivity contribution in [2.75, 3.05) is 0 Å². The van der Waals surface area contributed by atoms with E-state index in [1.54, 1.807) is 0 Å². The van der Waals surface area contributed by atoms with E-state index in [0.717, 1.165) is 29.7 Å². The molecule has 0 saturated carbocycles. The van der Waals surface area contributed by atoms with E-state index in [1.807, 2.05) is 20.8 Å². The largest absolute Gasteiger partial charge is 0.287 e. The summed E-state index contributed by atoms with van der Waals surface area (Å²) in [7, 11) is 0. The molecule has 0 aliphatic rings. The number of aromatic nitrogens is 2. The number of nitrogens with zero attached hydrogens (tertiary/aromatic N) is 2. The van der Waals surface area contributed by atoms with Gasteiger partial charge in [-0.3, -0.25) is 4.79 Å². The fourth-order valence-corrected chi connectivity index (χ4v) is 2.45. The second kappa shape index (κ2) is 4.77. The standard InChI is InChI=1S/C13H12F2N2OS/c1-13(2,3)12-11(19-17-16-12)10(18)8-6-7(14)4-5-9(8)15/h4-6H,1-3H3. The van der Waals surface area contributed by atoms with Gasteiger partial charge >= 0.3 is 0 Å². The van der Waals surface area contributed by atoms with Crippen LogP contribution in [-0.2, 0) is 5.41 Å². The Morgan fingerprint density at radius 1 is 1.26 bits per heavy atom. The van der Waals surface area contributed by atoms with Crippen molar-refractivity contribution >= 4 is 17.3 Å². The van der Waals surface area contributed by atoms with Crippen LogP contribution >= 0.6 is 11.5 Å². The van der Waals surface area contributed by atoms with Crippen molar-refractivity contribution in [3.05, 3.63) is 46.0 Å². The molecule has 19 heavy (non-hydrogen) atoms. The number of carbonyl (C=O) groups excluding carboxylic acids is 1. The molecular formula is C13H12F2N2OS. The third kappa shape index (κ3) is 2.68. The Hall–Kier alpha value is -1.69. The van der Waals surface area contributed by atoms with Gasteiger partial charge in [-0.25, -0.2) is 8.78 Å². The maximum atomic E-state index is 13.6. The van der Waals surface area contributed by atoms with Crippen LogP contribution < -0.4 is 0 Å². The van der Waals surface area contributed by atoms with Gasteiger partial charge in [0.15, 0.2) is 0 Å². The summed E-state index contributed by atoms with van der Waals surface area (Å²) in [6, 6.07) is 2.80. The van der Waals surface area contributed by atoms with Gasteiger partial charge in [0, 0.05) is 5.41 Å². The molecule has 0 unspecified atom stereocenters. The lowest BCUT2D eigenvalue weighted by molar-refractivity contribution is 0.103. The zero-order chi connectivity index (χ0) is 14.2. The third-order valence-electron chi connectivity index (χ3n) is 2.58. The van der Waals surface area contributed by atoms with E-state index in [4.69, 9.17) is 0 Å². The zero-order valence-electron chi connectivity index (χ0n) is 10.7. The van der Waals surface area contributed by atoms with Crippen molar-refractivity contribution in [1.29, 1.82) is 0 Å². The van der Waals surface area contributed by atoms with Crippen LogP contribution in [0.2, 0.25) is 0 Å². The average molecular weight is 282 g/mol. The van der Waals surface area contributed by atoms with E-state index >= 15 is 0 Å². The van der Waals surface area contributed by atoms with Gasteiger partial charge in [-0.1, -0.05) is 25.3 Å². The fraction of sp³-hybridized carbons (Fsp3) is 0.308. The molecule has 0 spiro atoms. The average Bonchev–Trinajstić information content (AvgIpc) is 2.80. The molecule has 2 aromatic rings. The van der Waals surface area contributed by atoms with Crippen molar-refractivity contribution in [3.63, 3.8) is 0 Å². The molecule has 1 aromatic carbocycles. The minimum Gasteiger partial charge on any atom is -0.287 e. The second-order valence-electron chi connectivity index (χ2n) is 5.15. The molecule has 0 amide bonds. The normalized spacial score (nSPS) is 11.6. The Bertz CT molecular complexity index is 632. The Kier molecular flexibility index (Phi) is 3.45. The summed E-state index contributed by atoms with van der Waals surface area (Å²) in [4.78, 5) is 12.5. The maximum absolute atomic E-state index is 13.6. The van der Waals surface area contributed by atoms with E-state index in [1.165, 1.54) is 0 Å². The molecule has 0 radical (unpaired) electrons. The van der Waals surface area contributed by atoms with Gasteiger partial charge in [-0.15, -0.1) is 5.10 Å². The highest BCUT2D eigenvalue weighted by atomic mass is 32.1. The molecule has 0 aliphatic heterocycles. The van der Waals surface area contributed by atoms with Crippen LogP contribution in [0, 0.1) is 11.6 Å². The molecule has 0 bridgehead atoms. The van der Waals surface area contributed by atoms with Gasteiger partial charge in [0.25, 0.3) is 0 Å². The number of hydrogen-bond donors (Lipinski definition) is 0. The minimum atomic E-state index is -0.750. The van der Waals surface area contributed by atoms with Crippen LogP contribution in [-0.4, -0.2) is 15.4 Å². The molecule has 100 valence electrons. The monoisotopic (exact) mass is 282 g/mol. The number of rotatable bonds is 2. The highest BCUT2D eigenvalue weighted by Crippen LogP contribution is 2.28. The molecular weight excluding hydrogens is 270 g/mol. The summed E-state index contributed by atoms with van der Waals surface area (Å²) in [5.74, 6) is -1.99. The number of benzene rings is 1. The van der Waals surface area contributed by atoms with Crippen LogP contribution in [0.3, 0.4) is 0 Å². The van der Waals surface area contributed by atoms with E-state index in [-0.39, 0.29) is 15.9 Å². The Balaban J connectivity index is 2.51. The highest BCUT2D eigenvalue weighted by Gasteiger charge is 2.28. The summed E-state index contributed by atoms with van der Waals surface area (Å²) in [5.41, 5.74) is -0.190. The third-order valence-corrected chi connectivity index (χ3v) is 3.30. The Labute approximate surface area is 113 Å². The molecule has 0 saturated heterocycles. The first-order valence-electron chi connectivity index (χ1n) is 5.63. The minimum absolute atomic E-state index is 0.247. The molecule has 0 N–H and O–H groups in total. The smallest absolute Gasteiger partial charge is 0.209 e. The maximum Gasteiger partial charge on any atom is 0.209 e. The number of ketones is 1. The quantitative estimate of drug-likeness (QED) is 0.793. The summed E-state index contributed by atoms with van der Waals surface area (Å²) >= 11 is 0.894. The van der Waals surface area contributed by atoms with E-state index < -0.39 is 17.4 Å². The Morgan fingerprint density at radius 3 is 2.58 bits per heavy atom. The summed E-state index contributed by atoms with van der Waals surface area (Å²) in [6.07, 6.45) is 0. The summed E-state index contributed by atoms with van der Waals surface area (Å²) in [5, 5.41) is 3.92. The van der Waals surface area contributed by atoms with Gasteiger partial charge in [0.05, 0.1) is 11.3 Å². The predicted molar refractivity (Wildman–Crippen MR) is 68.4 cm³/mol. The van der Waals surface area contributed by atoms with Gasteiger partial charge in [-0.05, 0) is 29.7 Å². The molecule has 6 heteroatoms. The predicted octanol–water partition coefficient (Wildman–Crippen LogP) is 3.34. The van der Waals surface area contributed by atoms with Gasteiger partial charge in [0.2, 0.25) is 5.78 Å². The first-order chi connectivity index (χ1) is 8.80. The molecule has 2 rings (SSSR count). The van der Waals surface area contributed by atoms with Crippen LogP contribution in [0.1, 0.15) is 41.7 Å². The summed E-state index contributed by atoms with van der Waals surface area (Å²) in [6.45, 7) is 5.63. The fourth-order valence-electron chi connectivity index (χ4n) is 1.62. The molecule has 0 aliphatic carbocycles. The molecule has 0 fully saturated rings. The molecule has 1 aromatic heterocycles. The number of carbonyl (C=O) groups is 1. The van der Waals surface area contributed by atoms with Gasteiger partial charge in [0.1, 0.15) is 16.5 Å². The van der Waals surface area contributed by atoms with Crippen molar-refractivity contribution < 1.29 is 13.6 Å². The summed E-state index contributed by atoms with van der Waals surface area (Å²) < 4.78 is 30.5. The van der Waals surface area contributed by atoms with Crippen molar-refractivity contribution in [2.24, 2.45) is 0 Å². The lowest BCUT2D eigenvalue weighted by Crippen LogP contribution is -2.17. The molecule has 1 heterocycles.